The summed E-state index contributed by atoms with van der Waals surface area (Å²) in [6.45, 7) is 4.91. The summed E-state index contributed by atoms with van der Waals surface area (Å²) < 4.78 is 6.69. The largest absolute Gasteiger partial charge is 0.381 e. The number of rotatable bonds is 4. The zero-order valence-electron chi connectivity index (χ0n) is 10.6. The molecule has 1 aliphatic heterocycles. The van der Waals surface area contributed by atoms with Crippen LogP contribution in [0.4, 0.5) is 0 Å². The van der Waals surface area contributed by atoms with Crippen LogP contribution in [0.15, 0.2) is 24.3 Å². The van der Waals surface area contributed by atoms with Crippen LogP contribution in [0, 0.1) is 5.92 Å². The molecular formula is C14H18N2OS. The maximum absolute atomic E-state index is 5.43. The molecule has 0 saturated carbocycles. The standard InChI is InChI=1S/C14H18N2OS/c1-10(11-6-7-17-9-11)15-8-14-16-12-4-2-3-5-13(12)18-14/h2-5,10-11,15H,6-9H2,1H3. The molecule has 0 aliphatic carbocycles. The molecule has 0 spiro atoms. The minimum absolute atomic E-state index is 0.500. The van der Waals surface area contributed by atoms with Crippen molar-refractivity contribution >= 4 is 21.6 Å². The molecule has 1 N–H and O–H groups in total. The molecule has 2 heterocycles. The van der Waals surface area contributed by atoms with Gasteiger partial charge in [-0.2, -0.15) is 0 Å². The Morgan fingerprint density at radius 2 is 2.39 bits per heavy atom. The van der Waals surface area contributed by atoms with Gasteiger partial charge in [0.15, 0.2) is 0 Å². The van der Waals surface area contributed by atoms with E-state index in [0.29, 0.717) is 12.0 Å². The Kier molecular flexibility index (Phi) is 3.59. The first-order valence-electron chi connectivity index (χ1n) is 6.48. The third-order valence-electron chi connectivity index (χ3n) is 3.59. The average molecular weight is 262 g/mol. The van der Waals surface area contributed by atoms with Crippen LogP contribution in [0.5, 0.6) is 0 Å². The molecule has 18 heavy (non-hydrogen) atoms. The van der Waals surface area contributed by atoms with E-state index in [4.69, 9.17) is 4.74 Å². The fourth-order valence-corrected chi connectivity index (χ4v) is 3.28. The second-order valence-corrected chi connectivity index (χ2v) is 5.98. The molecule has 96 valence electrons. The molecule has 1 aromatic heterocycles. The third-order valence-corrected chi connectivity index (χ3v) is 4.62. The van der Waals surface area contributed by atoms with E-state index in [2.05, 4.69) is 35.4 Å². The highest BCUT2D eigenvalue weighted by molar-refractivity contribution is 7.18. The predicted octanol–water partition coefficient (Wildman–Crippen LogP) is 2.81. The first kappa shape index (κ1) is 12.1. The van der Waals surface area contributed by atoms with Crippen molar-refractivity contribution in [1.29, 1.82) is 0 Å². The van der Waals surface area contributed by atoms with Crippen molar-refractivity contribution in [2.45, 2.75) is 25.9 Å². The van der Waals surface area contributed by atoms with Gasteiger partial charge in [0.2, 0.25) is 0 Å². The lowest BCUT2D eigenvalue weighted by molar-refractivity contribution is 0.178. The fourth-order valence-electron chi connectivity index (χ4n) is 2.36. The van der Waals surface area contributed by atoms with E-state index >= 15 is 0 Å². The Labute approximate surface area is 111 Å². The minimum Gasteiger partial charge on any atom is -0.381 e. The van der Waals surface area contributed by atoms with E-state index in [1.54, 1.807) is 11.3 Å². The van der Waals surface area contributed by atoms with Gasteiger partial charge in [0.25, 0.3) is 0 Å². The minimum atomic E-state index is 0.500. The molecule has 3 rings (SSSR count). The van der Waals surface area contributed by atoms with Gasteiger partial charge < -0.3 is 10.1 Å². The first-order valence-corrected chi connectivity index (χ1v) is 7.30. The molecule has 0 radical (unpaired) electrons. The number of nitrogens with one attached hydrogen (secondary N) is 1. The molecule has 1 aromatic carbocycles. The van der Waals surface area contributed by atoms with Crippen LogP contribution in [-0.2, 0) is 11.3 Å². The smallest absolute Gasteiger partial charge is 0.108 e. The number of hydrogen-bond acceptors (Lipinski definition) is 4. The number of thiazole rings is 1. The molecule has 1 aliphatic rings. The zero-order chi connectivity index (χ0) is 12.4. The van der Waals surface area contributed by atoms with Crippen LogP contribution in [0.2, 0.25) is 0 Å². The van der Waals surface area contributed by atoms with Crippen LogP contribution < -0.4 is 5.32 Å². The van der Waals surface area contributed by atoms with Gasteiger partial charge in [-0.15, -0.1) is 11.3 Å². The van der Waals surface area contributed by atoms with Crippen molar-refractivity contribution in [3.05, 3.63) is 29.3 Å². The van der Waals surface area contributed by atoms with Crippen LogP contribution in [0.1, 0.15) is 18.4 Å². The Morgan fingerprint density at radius 3 is 3.17 bits per heavy atom. The third kappa shape index (κ3) is 2.55. The molecule has 3 nitrogen and oxygen atoms in total. The van der Waals surface area contributed by atoms with Gasteiger partial charge in [0.1, 0.15) is 5.01 Å². The molecule has 1 saturated heterocycles. The second kappa shape index (κ2) is 5.34. The van der Waals surface area contributed by atoms with Crippen LogP contribution in [0.25, 0.3) is 10.2 Å². The number of ether oxygens (including phenoxy) is 1. The van der Waals surface area contributed by atoms with Gasteiger partial charge in [-0.1, -0.05) is 12.1 Å². The number of para-hydroxylation sites is 1. The van der Waals surface area contributed by atoms with Gasteiger partial charge in [0, 0.05) is 19.2 Å². The van der Waals surface area contributed by atoms with E-state index in [1.165, 1.54) is 16.1 Å². The maximum atomic E-state index is 5.43. The van der Waals surface area contributed by atoms with E-state index in [9.17, 15) is 0 Å². The first-order chi connectivity index (χ1) is 8.83. The molecule has 2 aromatic rings. The lowest BCUT2D eigenvalue weighted by Gasteiger charge is -2.18. The molecular weight excluding hydrogens is 244 g/mol. The molecule has 0 amide bonds. The average Bonchev–Trinajstić information content (AvgIpc) is 3.04. The van der Waals surface area contributed by atoms with Crippen LogP contribution in [0.3, 0.4) is 0 Å². The van der Waals surface area contributed by atoms with Crippen molar-refractivity contribution in [3.8, 4) is 0 Å². The van der Waals surface area contributed by atoms with E-state index in [0.717, 1.165) is 25.3 Å². The molecule has 0 bridgehead atoms. The van der Waals surface area contributed by atoms with E-state index in [1.807, 2.05) is 6.07 Å². The van der Waals surface area contributed by atoms with Gasteiger partial charge in [-0.3, -0.25) is 0 Å². The summed E-state index contributed by atoms with van der Waals surface area (Å²) >= 11 is 1.78. The Morgan fingerprint density at radius 1 is 1.50 bits per heavy atom. The Balaban J connectivity index is 1.62. The van der Waals surface area contributed by atoms with Crippen molar-refractivity contribution in [2.24, 2.45) is 5.92 Å². The van der Waals surface area contributed by atoms with E-state index in [-0.39, 0.29) is 0 Å². The number of benzene rings is 1. The highest BCUT2D eigenvalue weighted by atomic mass is 32.1. The summed E-state index contributed by atoms with van der Waals surface area (Å²) in [7, 11) is 0. The second-order valence-electron chi connectivity index (χ2n) is 4.87. The topological polar surface area (TPSA) is 34.2 Å². The van der Waals surface area contributed by atoms with E-state index < -0.39 is 0 Å². The highest BCUT2D eigenvalue weighted by Gasteiger charge is 2.21. The quantitative estimate of drug-likeness (QED) is 0.920. The van der Waals surface area contributed by atoms with Crippen LogP contribution in [-0.4, -0.2) is 24.2 Å². The maximum Gasteiger partial charge on any atom is 0.108 e. The molecule has 2 unspecified atom stereocenters. The summed E-state index contributed by atoms with van der Waals surface area (Å²) in [5.41, 5.74) is 1.11. The monoisotopic (exact) mass is 262 g/mol. The summed E-state index contributed by atoms with van der Waals surface area (Å²) in [6, 6.07) is 8.81. The summed E-state index contributed by atoms with van der Waals surface area (Å²) in [4.78, 5) is 4.64. The summed E-state index contributed by atoms with van der Waals surface area (Å²) in [5, 5.41) is 4.74. The lowest BCUT2D eigenvalue weighted by atomic mass is 10.0. The van der Waals surface area contributed by atoms with Crippen molar-refractivity contribution in [2.75, 3.05) is 13.2 Å². The SMILES string of the molecule is CC(NCc1nc2ccccc2s1)C1CCOC1. The summed E-state index contributed by atoms with van der Waals surface area (Å²) in [6.07, 6.45) is 1.17. The highest BCUT2D eigenvalue weighted by Crippen LogP contribution is 2.22. The predicted molar refractivity (Wildman–Crippen MR) is 74.8 cm³/mol. The van der Waals surface area contributed by atoms with Gasteiger partial charge in [-0.05, 0) is 31.4 Å². The van der Waals surface area contributed by atoms with Crippen LogP contribution >= 0.6 is 11.3 Å². The van der Waals surface area contributed by atoms with Gasteiger partial charge >= 0.3 is 0 Å². The fraction of sp³-hybridized carbons (Fsp3) is 0.500. The summed E-state index contributed by atoms with van der Waals surface area (Å²) in [5.74, 6) is 0.652. The van der Waals surface area contributed by atoms with Gasteiger partial charge in [0.05, 0.1) is 16.8 Å². The normalized spacial score (nSPS) is 21.5. The Hall–Kier alpha value is -0.970. The lowest BCUT2D eigenvalue weighted by Crippen LogP contribution is -2.33. The van der Waals surface area contributed by atoms with Crippen molar-refractivity contribution < 1.29 is 4.74 Å². The van der Waals surface area contributed by atoms with Crippen molar-refractivity contribution in [3.63, 3.8) is 0 Å². The molecule has 2 atom stereocenters. The number of fused-ring (bicyclic) bond motifs is 1. The Bertz CT molecular complexity index is 486. The molecule has 1 fully saturated rings. The number of hydrogen-bond donors (Lipinski definition) is 1. The molecule has 4 heteroatoms. The van der Waals surface area contributed by atoms with Crippen molar-refractivity contribution in [1.82, 2.24) is 10.3 Å². The number of aromatic nitrogens is 1. The zero-order valence-corrected chi connectivity index (χ0v) is 11.4. The van der Waals surface area contributed by atoms with Gasteiger partial charge in [-0.25, -0.2) is 4.98 Å². The number of nitrogens with zero attached hydrogens (tertiary/aromatic N) is 1.